The van der Waals surface area contributed by atoms with Crippen molar-refractivity contribution in [3.63, 3.8) is 0 Å². The van der Waals surface area contributed by atoms with Crippen molar-refractivity contribution in [2.45, 2.75) is 24.8 Å². The number of nitrogens with zero attached hydrogens (tertiary/aromatic N) is 2. The first kappa shape index (κ1) is 22.6. The highest BCUT2D eigenvalue weighted by atomic mass is 35.5. The average molecular weight is 501 g/mol. The van der Waals surface area contributed by atoms with E-state index < -0.39 is 10.0 Å². The molecule has 0 unspecified atom stereocenters. The maximum atomic E-state index is 13.2. The summed E-state index contributed by atoms with van der Waals surface area (Å²) in [6.07, 6.45) is 0.792. The van der Waals surface area contributed by atoms with Crippen LogP contribution in [0.1, 0.15) is 16.7 Å². The van der Waals surface area contributed by atoms with Crippen molar-refractivity contribution < 1.29 is 17.9 Å². The lowest BCUT2D eigenvalue weighted by molar-refractivity contribution is 0.302. The molecule has 10 heteroatoms. The summed E-state index contributed by atoms with van der Waals surface area (Å²) in [6, 6.07) is 12.5. The quantitative estimate of drug-likeness (QED) is 0.523. The zero-order valence-electron chi connectivity index (χ0n) is 18.9. The van der Waals surface area contributed by atoms with Gasteiger partial charge < -0.3 is 19.7 Å². The van der Waals surface area contributed by atoms with Gasteiger partial charge in [0, 0.05) is 24.2 Å². The molecule has 3 heterocycles. The van der Waals surface area contributed by atoms with Crippen LogP contribution < -0.4 is 24.4 Å². The first-order valence-electron chi connectivity index (χ1n) is 11.0. The fourth-order valence-electron chi connectivity index (χ4n) is 4.08. The van der Waals surface area contributed by atoms with E-state index in [4.69, 9.17) is 21.1 Å². The number of rotatable bonds is 6. The van der Waals surface area contributed by atoms with Crippen LogP contribution in [0.3, 0.4) is 0 Å². The summed E-state index contributed by atoms with van der Waals surface area (Å²) in [5.74, 6) is 1.99. The van der Waals surface area contributed by atoms with Crippen molar-refractivity contribution in [3.8, 4) is 11.5 Å². The highest BCUT2D eigenvalue weighted by Crippen LogP contribution is 2.35. The van der Waals surface area contributed by atoms with Gasteiger partial charge in [0.15, 0.2) is 11.6 Å². The van der Waals surface area contributed by atoms with Crippen molar-refractivity contribution in [1.29, 1.82) is 0 Å². The number of hydrogen-bond acceptors (Lipinski definition) is 7. The lowest BCUT2D eigenvalue weighted by Gasteiger charge is -2.28. The molecule has 8 nitrogen and oxygen atoms in total. The van der Waals surface area contributed by atoms with Crippen molar-refractivity contribution in [1.82, 2.24) is 4.98 Å². The number of fused-ring (bicyclic) bond motifs is 2. The number of ether oxygens (including phenoxy) is 2. The van der Waals surface area contributed by atoms with Gasteiger partial charge in [0.2, 0.25) is 0 Å². The minimum absolute atomic E-state index is 0.0962. The van der Waals surface area contributed by atoms with Crippen LogP contribution in [-0.2, 0) is 23.1 Å². The Morgan fingerprint density at radius 1 is 1.26 bits per heavy atom. The zero-order valence-corrected chi connectivity index (χ0v) is 20.5. The van der Waals surface area contributed by atoms with Crippen LogP contribution in [0, 0.1) is 6.92 Å². The van der Waals surface area contributed by atoms with Crippen molar-refractivity contribution in [2.24, 2.45) is 0 Å². The summed E-state index contributed by atoms with van der Waals surface area (Å²) in [5, 5.41) is 3.56. The van der Waals surface area contributed by atoms with Gasteiger partial charge in [-0.15, -0.1) is 0 Å². The second kappa shape index (κ2) is 8.88. The Balaban J connectivity index is 1.44. The van der Waals surface area contributed by atoms with Crippen molar-refractivity contribution in [3.05, 3.63) is 64.2 Å². The van der Waals surface area contributed by atoms with E-state index in [0.29, 0.717) is 28.8 Å². The van der Waals surface area contributed by atoms with Crippen LogP contribution >= 0.6 is 11.6 Å². The number of sulfonamides is 1. The molecule has 0 saturated carbocycles. The molecule has 0 saturated heterocycles. The number of anilines is 3. The highest BCUT2D eigenvalue weighted by Gasteiger charge is 2.24. The predicted octanol–water partition coefficient (Wildman–Crippen LogP) is 4.22. The molecule has 5 rings (SSSR count). The normalized spacial score (nSPS) is 14.6. The van der Waals surface area contributed by atoms with Crippen LogP contribution in [0.4, 0.5) is 17.3 Å². The van der Waals surface area contributed by atoms with E-state index in [0.717, 1.165) is 42.1 Å². The number of hydrogen-bond donors (Lipinski definition) is 2. The van der Waals surface area contributed by atoms with Crippen LogP contribution in [0.5, 0.6) is 11.5 Å². The van der Waals surface area contributed by atoms with E-state index in [1.807, 2.05) is 31.3 Å². The van der Waals surface area contributed by atoms with Gasteiger partial charge in [-0.3, -0.25) is 4.72 Å². The Labute approximate surface area is 203 Å². The van der Waals surface area contributed by atoms with Gasteiger partial charge in [-0.1, -0.05) is 23.7 Å². The van der Waals surface area contributed by atoms with Gasteiger partial charge in [0.1, 0.15) is 24.8 Å². The number of aromatic nitrogens is 1. The van der Waals surface area contributed by atoms with Gasteiger partial charge in [-0.2, -0.15) is 0 Å². The molecule has 2 aromatic carbocycles. The minimum atomic E-state index is -3.94. The van der Waals surface area contributed by atoms with Crippen LogP contribution in [0.15, 0.2) is 47.4 Å². The molecule has 2 aliphatic rings. The predicted molar refractivity (Wildman–Crippen MR) is 133 cm³/mol. The summed E-state index contributed by atoms with van der Waals surface area (Å²) >= 11 is 6.15. The third-order valence-corrected chi connectivity index (χ3v) is 7.90. The molecule has 0 fully saturated rings. The lowest BCUT2D eigenvalue weighted by atomic mass is 10.1. The SMILES string of the molecule is Cc1c(Cl)cccc1S(=O)(=O)Nc1nc2c(cc1OCc1ccc3c(c1)N(C)CCO3)CCN2. The molecule has 34 heavy (non-hydrogen) atoms. The number of halogens is 1. The summed E-state index contributed by atoms with van der Waals surface area (Å²) in [6.45, 7) is 4.13. The highest BCUT2D eigenvalue weighted by molar-refractivity contribution is 7.92. The first-order valence-corrected chi connectivity index (χ1v) is 12.8. The Hall–Kier alpha value is -3.17. The molecule has 0 atom stereocenters. The number of benzene rings is 2. The van der Waals surface area contributed by atoms with Gasteiger partial charge >= 0.3 is 0 Å². The Kier molecular flexibility index (Phi) is 5.91. The molecule has 0 radical (unpaired) electrons. The van der Waals surface area contributed by atoms with E-state index in [9.17, 15) is 8.42 Å². The minimum Gasteiger partial charge on any atom is -0.490 e. The Morgan fingerprint density at radius 2 is 2.12 bits per heavy atom. The summed E-state index contributed by atoms with van der Waals surface area (Å²) in [4.78, 5) is 6.76. The van der Waals surface area contributed by atoms with E-state index in [1.54, 1.807) is 19.1 Å². The number of likely N-dealkylation sites (N-methyl/N-ethyl adjacent to an activating group) is 1. The van der Waals surface area contributed by atoms with Crippen LogP contribution in [0.25, 0.3) is 0 Å². The van der Waals surface area contributed by atoms with Crippen molar-refractivity contribution in [2.75, 3.05) is 41.7 Å². The third-order valence-electron chi connectivity index (χ3n) is 6.01. The summed E-state index contributed by atoms with van der Waals surface area (Å²) in [7, 11) is -1.91. The largest absolute Gasteiger partial charge is 0.490 e. The Bertz CT molecular complexity index is 1360. The summed E-state index contributed by atoms with van der Waals surface area (Å²) in [5.41, 5.74) is 3.39. The second-order valence-corrected chi connectivity index (χ2v) is 10.4. The molecular weight excluding hydrogens is 476 g/mol. The second-order valence-electron chi connectivity index (χ2n) is 8.35. The first-order chi connectivity index (χ1) is 16.3. The molecule has 2 aliphatic heterocycles. The van der Waals surface area contributed by atoms with Gasteiger partial charge in [-0.25, -0.2) is 13.4 Å². The van der Waals surface area contributed by atoms with Crippen LogP contribution in [0.2, 0.25) is 5.02 Å². The molecule has 0 bridgehead atoms. The van der Waals surface area contributed by atoms with E-state index in [1.165, 1.54) is 6.07 Å². The fourth-order valence-corrected chi connectivity index (χ4v) is 5.60. The molecule has 178 valence electrons. The zero-order chi connectivity index (χ0) is 23.9. The van der Waals surface area contributed by atoms with Crippen molar-refractivity contribution >= 4 is 38.9 Å². The number of pyridine rings is 1. The topological polar surface area (TPSA) is 92.8 Å². The Morgan fingerprint density at radius 3 is 2.97 bits per heavy atom. The third kappa shape index (κ3) is 4.33. The van der Waals surface area contributed by atoms with Gasteiger partial charge in [0.25, 0.3) is 10.0 Å². The van der Waals surface area contributed by atoms with Gasteiger partial charge in [0.05, 0.1) is 17.1 Å². The average Bonchev–Trinajstić information content (AvgIpc) is 3.26. The van der Waals surface area contributed by atoms with Crippen LogP contribution in [-0.4, -0.2) is 40.1 Å². The molecule has 1 aromatic heterocycles. The molecule has 0 spiro atoms. The van der Waals surface area contributed by atoms with E-state index >= 15 is 0 Å². The van der Waals surface area contributed by atoms with Gasteiger partial charge in [-0.05, 0) is 54.8 Å². The van der Waals surface area contributed by atoms with E-state index in [-0.39, 0.29) is 17.3 Å². The molecule has 3 aromatic rings. The maximum Gasteiger partial charge on any atom is 0.263 e. The monoisotopic (exact) mass is 500 g/mol. The number of nitrogens with one attached hydrogen (secondary N) is 2. The molecule has 0 amide bonds. The standard InChI is InChI=1S/C24H25ClN4O4S/c1-15-18(25)4-3-5-22(15)34(30,31)28-24-21(13-17-8-9-26-23(17)27-24)33-14-16-6-7-20-19(12-16)29(2)10-11-32-20/h3-7,12-13H,8-11,14H2,1-2H3,(H2,26,27,28). The fraction of sp³-hybridized carbons (Fsp3) is 0.292. The lowest BCUT2D eigenvalue weighted by Crippen LogP contribution is -2.28. The van der Waals surface area contributed by atoms with E-state index in [2.05, 4.69) is 19.9 Å². The molecular formula is C24H25ClN4O4S. The molecule has 2 N–H and O–H groups in total. The maximum absolute atomic E-state index is 13.2. The smallest absolute Gasteiger partial charge is 0.263 e. The molecule has 0 aliphatic carbocycles. The summed E-state index contributed by atoms with van der Waals surface area (Å²) < 4.78 is 40.8.